The van der Waals surface area contributed by atoms with E-state index in [1.807, 2.05) is 37.3 Å². The van der Waals surface area contributed by atoms with Gasteiger partial charge in [0.2, 0.25) is 0 Å². The minimum atomic E-state index is -0.499. The third kappa shape index (κ3) is 3.88. The predicted octanol–water partition coefficient (Wildman–Crippen LogP) is 2.71. The van der Waals surface area contributed by atoms with Crippen LogP contribution in [0.25, 0.3) is 5.69 Å². The summed E-state index contributed by atoms with van der Waals surface area (Å²) in [5, 5.41) is 17.7. The molecule has 3 aromatic rings. The molecule has 0 aliphatic rings. The molecular formula is C19H22N4O. The normalized spacial score (nSPS) is 12.3. The van der Waals surface area contributed by atoms with Crippen molar-refractivity contribution in [2.45, 2.75) is 26.5 Å². The highest BCUT2D eigenvalue weighted by atomic mass is 16.3. The fourth-order valence-corrected chi connectivity index (χ4v) is 2.68. The Labute approximate surface area is 142 Å². The number of hydrogen-bond acceptors (Lipinski definition) is 4. The lowest BCUT2D eigenvalue weighted by atomic mass is 10.1. The molecule has 0 amide bonds. The Balaban J connectivity index is 1.57. The molecule has 0 aliphatic carbocycles. The van der Waals surface area contributed by atoms with Gasteiger partial charge in [-0.25, -0.2) is 9.67 Å². The van der Waals surface area contributed by atoms with E-state index in [4.69, 9.17) is 0 Å². The van der Waals surface area contributed by atoms with Crippen LogP contribution in [0.5, 0.6) is 0 Å². The SMILES string of the molecule is Cc1ccc(C(O)CNCc2ccc(-n3cncn3)c(C)c2)cc1. The van der Waals surface area contributed by atoms with E-state index >= 15 is 0 Å². The van der Waals surface area contributed by atoms with Crippen molar-refractivity contribution in [3.63, 3.8) is 0 Å². The lowest BCUT2D eigenvalue weighted by molar-refractivity contribution is 0.174. The molecule has 5 heteroatoms. The van der Waals surface area contributed by atoms with Gasteiger partial charge in [-0.1, -0.05) is 42.0 Å². The van der Waals surface area contributed by atoms with Gasteiger partial charge in [0.1, 0.15) is 12.7 Å². The summed E-state index contributed by atoms with van der Waals surface area (Å²) in [6.07, 6.45) is 2.72. The average molecular weight is 322 g/mol. The highest BCUT2D eigenvalue weighted by molar-refractivity contribution is 5.41. The molecule has 0 radical (unpaired) electrons. The van der Waals surface area contributed by atoms with Gasteiger partial charge >= 0.3 is 0 Å². The molecule has 1 unspecified atom stereocenters. The molecule has 2 N–H and O–H groups in total. The van der Waals surface area contributed by atoms with Gasteiger partial charge in [-0.2, -0.15) is 5.10 Å². The maximum absolute atomic E-state index is 10.2. The van der Waals surface area contributed by atoms with Gasteiger partial charge in [-0.05, 0) is 36.6 Å². The summed E-state index contributed by atoms with van der Waals surface area (Å²) in [4.78, 5) is 3.98. The summed E-state index contributed by atoms with van der Waals surface area (Å²) in [6, 6.07) is 14.2. The van der Waals surface area contributed by atoms with Crippen LogP contribution in [0.1, 0.15) is 28.4 Å². The maximum Gasteiger partial charge on any atom is 0.138 e. The van der Waals surface area contributed by atoms with Gasteiger partial charge in [-0.15, -0.1) is 0 Å². The van der Waals surface area contributed by atoms with Crippen LogP contribution in [0.4, 0.5) is 0 Å². The first-order valence-corrected chi connectivity index (χ1v) is 8.03. The van der Waals surface area contributed by atoms with Gasteiger partial charge in [-0.3, -0.25) is 0 Å². The Hall–Kier alpha value is -2.50. The monoisotopic (exact) mass is 322 g/mol. The van der Waals surface area contributed by atoms with Crippen LogP contribution in [0.2, 0.25) is 0 Å². The van der Waals surface area contributed by atoms with E-state index in [9.17, 15) is 5.11 Å². The number of aliphatic hydroxyl groups is 1. The summed E-state index contributed by atoms with van der Waals surface area (Å²) in [5.41, 5.74) is 5.47. The van der Waals surface area contributed by atoms with Gasteiger partial charge in [0.15, 0.2) is 0 Å². The Kier molecular flexibility index (Phi) is 5.03. The molecule has 24 heavy (non-hydrogen) atoms. The summed E-state index contributed by atoms with van der Waals surface area (Å²) < 4.78 is 1.76. The van der Waals surface area contributed by atoms with Gasteiger partial charge in [0.05, 0.1) is 11.8 Å². The lowest BCUT2D eigenvalue weighted by Gasteiger charge is -2.13. The summed E-state index contributed by atoms with van der Waals surface area (Å²) in [6.45, 7) is 5.33. The largest absolute Gasteiger partial charge is 0.387 e. The highest BCUT2D eigenvalue weighted by Gasteiger charge is 2.07. The third-order valence-corrected chi connectivity index (χ3v) is 4.06. The molecule has 1 atom stereocenters. The zero-order chi connectivity index (χ0) is 16.9. The van der Waals surface area contributed by atoms with Crippen molar-refractivity contribution in [1.29, 1.82) is 0 Å². The van der Waals surface area contributed by atoms with Gasteiger partial charge in [0.25, 0.3) is 0 Å². The van der Waals surface area contributed by atoms with Crippen LogP contribution in [0.15, 0.2) is 55.1 Å². The van der Waals surface area contributed by atoms with Gasteiger partial charge in [0, 0.05) is 13.1 Å². The van der Waals surface area contributed by atoms with E-state index in [0.717, 1.165) is 16.8 Å². The first-order valence-electron chi connectivity index (χ1n) is 8.03. The molecule has 0 saturated carbocycles. The topological polar surface area (TPSA) is 63.0 Å². The first kappa shape index (κ1) is 16.4. The van der Waals surface area contributed by atoms with Crippen LogP contribution < -0.4 is 5.32 Å². The molecular weight excluding hydrogens is 300 g/mol. The minimum absolute atomic E-state index is 0.499. The molecule has 0 fully saturated rings. The Morgan fingerprint density at radius 1 is 1.12 bits per heavy atom. The lowest BCUT2D eigenvalue weighted by Crippen LogP contribution is -2.21. The highest BCUT2D eigenvalue weighted by Crippen LogP contribution is 2.16. The Morgan fingerprint density at radius 3 is 2.58 bits per heavy atom. The number of nitrogens with one attached hydrogen (secondary N) is 1. The number of aromatic nitrogens is 3. The van der Waals surface area contributed by atoms with Crippen LogP contribution in [0.3, 0.4) is 0 Å². The molecule has 2 aromatic carbocycles. The number of nitrogens with zero attached hydrogens (tertiary/aromatic N) is 3. The number of hydrogen-bond donors (Lipinski definition) is 2. The predicted molar refractivity (Wildman–Crippen MR) is 93.9 cm³/mol. The van der Waals surface area contributed by atoms with Crippen molar-refractivity contribution in [2.24, 2.45) is 0 Å². The second-order valence-electron chi connectivity index (χ2n) is 6.02. The molecule has 0 aliphatic heterocycles. The smallest absolute Gasteiger partial charge is 0.138 e. The van der Waals surface area contributed by atoms with Gasteiger partial charge < -0.3 is 10.4 Å². The van der Waals surface area contributed by atoms with Crippen molar-refractivity contribution in [1.82, 2.24) is 20.1 Å². The first-order chi connectivity index (χ1) is 11.6. The standard InChI is InChI=1S/C19H22N4O/c1-14-3-6-17(7-4-14)19(24)11-20-10-16-5-8-18(15(2)9-16)23-13-21-12-22-23/h3-9,12-13,19-20,24H,10-11H2,1-2H3. The van der Waals surface area contributed by atoms with E-state index in [0.29, 0.717) is 13.1 Å². The molecule has 1 aromatic heterocycles. The van der Waals surface area contributed by atoms with Crippen molar-refractivity contribution in [3.05, 3.63) is 77.4 Å². The quantitative estimate of drug-likeness (QED) is 0.732. The molecule has 1 heterocycles. The van der Waals surface area contributed by atoms with E-state index < -0.39 is 6.10 Å². The molecule has 0 saturated heterocycles. The van der Waals surface area contributed by atoms with Crippen molar-refractivity contribution in [3.8, 4) is 5.69 Å². The summed E-state index contributed by atoms with van der Waals surface area (Å²) in [5.74, 6) is 0. The Morgan fingerprint density at radius 2 is 1.92 bits per heavy atom. The number of aliphatic hydroxyl groups excluding tert-OH is 1. The average Bonchev–Trinajstić information content (AvgIpc) is 3.10. The van der Waals surface area contributed by atoms with Crippen molar-refractivity contribution >= 4 is 0 Å². The number of rotatable bonds is 6. The van der Waals surface area contributed by atoms with E-state index in [1.165, 1.54) is 17.5 Å². The molecule has 124 valence electrons. The summed E-state index contributed by atoms with van der Waals surface area (Å²) >= 11 is 0. The second-order valence-corrected chi connectivity index (χ2v) is 6.02. The minimum Gasteiger partial charge on any atom is -0.387 e. The maximum atomic E-state index is 10.2. The van der Waals surface area contributed by atoms with Crippen molar-refractivity contribution < 1.29 is 5.11 Å². The fraction of sp³-hybridized carbons (Fsp3) is 0.263. The number of benzene rings is 2. The van der Waals surface area contributed by atoms with E-state index in [1.54, 1.807) is 11.0 Å². The van der Waals surface area contributed by atoms with E-state index in [-0.39, 0.29) is 0 Å². The zero-order valence-electron chi connectivity index (χ0n) is 14.0. The Bertz CT molecular complexity index is 782. The van der Waals surface area contributed by atoms with E-state index in [2.05, 4.69) is 34.5 Å². The van der Waals surface area contributed by atoms with Crippen LogP contribution in [-0.2, 0) is 6.54 Å². The molecule has 3 rings (SSSR count). The van der Waals surface area contributed by atoms with Crippen molar-refractivity contribution in [2.75, 3.05) is 6.54 Å². The third-order valence-electron chi connectivity index (χ3n) is 4.06. The molecule has 0 spiro atoms. The second kappa shape index (κ2) is 7.38. The number of aryl methyl sites for hydroxylation is 2. The fourth-order valence-electron chi connectivity index (χ4n) is 2.68. The van der Waals surface area contributed by atoms with Crippen LogP contribution in [-0.4, -0.2) is 26.4 Å². The van der Waals surface area contributed by atoms with Crippen LogP contribution in [0, 0.1) is 13.8 Å². The summed E-state index contributed by atoms with van der Waals surface area (Å²) in [7, 11) is 0. The molecule has 0 bridgehead atoms. The molecule has 5 nitrogen and oxygen atoms in total. The zero-order valence-corrected chi connectivity index (χ0v) is 14.0. The van der Waals surface area contributed by atoms with Crippen LogP contribution >= 0.6 is 0 Å².